The van der Waals surface area contributed by atoms with Crippen LogP contribution in [0.3, 0.4) is 0 Å². The number of furan rings is 1. The third-order valence-corrected chi connectivity index (χ3v) is 4.11. The normalized spacial score (nSPS) is 11.1. The fourth-order valence-electron chi connectivity index (χ4n) is 2.07. The summed E-state index contributed by atoms with van der Waals surface area (Å²) in [5.41, 5.74) is 0.843. The molecule has 114 valence electrons. The number of para-hydroxylation sites is 1. The fourth-order valence-corrected chi connectivity index (χ4v) is 2.90. The van der Waals surface area contributed by atoms with Gasteiger partial charge in [0, 0.05) is 24.3 Å². The van der Waals surface area contributed by atoms with Gasteiger partial charge in [-0.25, -0.2) is 4.79 Å². The van der Waals surface area contributed by atoms with E-state index in [2.05, 4.69) is 5.32 Å². The van der Waals surface area contributed by atoms with Crippen molar-refractivity contribution in [2.24, 2.45) is 0 Å². The Labute approximate surface area is 127 Å². The van der Waals surface area contributed by atoms with Crippen molar-refractivity contribution in [3.8, 4) is 0 Å². The van der Waals surface area contributed by atoms with Gasteiger partial charge in [0.1, 0.15) is 16.9 Å². The second kappa shape index (κ2) is 8.07. The number of hydrogen-bond donors (Lipinski definition) is 3. The van der Waals surface area contributed by atoms with Gasteiger partial charge >= 0.3 is 5.97 Å². The Balaban J connectivity index is 1.92. The second-order valence-corrected chi connectivity index (χ2v) is 5.79. The van der Waals surface area contributed by atoms with Gasteiger partial charge < -0.3 is 19.9 Å². The van der Waals surface area contributed by atoms with E-state index in [9.17, 15) is 9.90 Å². The number of aliphatic hydroxyl groups is 1. The number of fused-ring (bicyclic) bond motifs is 1. The first-order valence-corrected chi connectivity index (χ1v) is 8.02. The lowest BCUT2D eigenvalue weighted by Gasteiger charge is -2.03. The fraction of sp³-hybridized carbons (Fsp3) is 0.400. The standard InChI is InChI=1S/C15H19NO4S/c17-7-3-8-21-9-6-16-10-13-14(15(18)19)11-4-1-2-5-12(11)20-13/h1-2,4-5,16-17H,3,6-10H2,(H,18,19). The minimum Gasteiger partial charge on any atom is -0.478 e. The molecule has 0 aliphatic carbocycles. The predicted molar refractivity (Wildman–Crippen MR) is 83.9 cm³/mol. The highest BCUT2D eigenvalue weighted by atomic mass is 32.2. The first kappa shape index (κ1) is 15.9. The van der Waals surface area contributed by atoms with Crippen molar-refractivity contribution in [3.63, 3.8) is 0 Å². The number of nitrogens with one attached hydrogen (secondary N) is 1. The number of rotatable bonds is 9. The van der Waals surface area contributed by atoms with E-state index in [1.807, 2.05) is 6.07 Å². The van der Waals surface area contributed by atoms with Crippen molar-refractivity contribution in [2.45, 2.75) is 13.0 Å². The number of hydrogen-bond acceptors (Lipinski definition) is 5. The van der Waals surface area contributed by atoms with E-state index in [1.54, 1.807) is 30.0 Å². The first-order valence-electron chi connectivity index (χ1n) is 6.87. The maximum absolute atomic E-state index is 11.4. The molecule has 0 aliphatic heterocycles. The summed E-state index contributed by atoms with van der Waals surface area (Å²) in [6.45, 7) is 1.39. The third-order valence-electron chi connectivity index (χ3n) is 3.04. The van der Waals surface area contributed by atoms with Crippen LogP contribution in [0.1, 0.15) is 22.5 Å². The number of carboxylic acid groups (broad SMARTS) is 1. The highest BCUT2D eigenvalue weighted by Crippen LogP contribution is 2.25. The van der Waals surface area contributed by atoms with E-state index in [4.69, 9.17) is 9.52 Å². The average molecular weight is 309 g/mol. The molecule has 0 amide bonds. The van der Waals surface area contributed by atoms with Gasteiger partial charge in [-0.3, -0.25) is 0 Å². The largest absolute Gasteiger partial charge is 0.478 e. The van der Waals surface area contributed by atoms with Crippen molar-refractivity contribution in [1.29, 1.82) is 0 Å². The van der Waals surface area contributed by atoms with Crippen LogP contribution in [-0.2, 0) is 6.54 Å². The maximum atomic E-state index is 11.4. The molecule has 3 N–H and O–H groups in total. The molecule has 0 radical (unpaired) electrons. The molecule has 0 fully saturated rings. The van der Waals surface area contributed by atoms with Crippen molar-refractivity contribution in [1.82, 2.24) is 5.32 Å². The lowest BCUT2D eigenvalue weighted by Crippen LogP contribution is -2.18. The van der Waals surface area contributed by atoms with Gasteiger partial charge in [-0.15, -0.1) is 0 Å². The first-order chi connectivity index (χ1) is 10.2. The number of benzene rings is 1. The molecule has 1 heterocycles. The summed E-state index contributed by atoms with van der Waals surface area (Å²) in [6.07, 6.45) is 0.803. The maximum Gasteiger partial charge on any atom is 0.339 e. The zero-order valence-corrected chi connectivity index (χ0v) is 12.5. The molecular weight excluding hydrogens is 290 g/mol. The van der Waals surface area contributed by atoms with Crippen molar-refractivity contribution in [2.75, 3.05) is 24.7 Å². The monoisotopic (exact) mass is 309 g/mol. The molecule has 1 aromatic heterocycles. The molecule has 0 saturated carbocycles. The number of thioether (sulfide) groups is 1. The summed E-state index contributed by atoms with van der Waals surface area (Å²) in [5.74, 6) is 1.35. The van der Waals surface area contributed by atoms with Gasteiger partial charge in [0.2, 0.25) is 0 Å². The molecule has 6 heteroatoms. The summed E-state index contributed by atoms with van der Waals surface area (Å²) in [5, 5.41) is 21.8. The molecule has 0 spiro atoms. The van der Waals surface area contributed by atoms with Gasteiger partial charge in [0.05, 0.1) is 6.54 Å². The summed E-state index contributed by atoms with van der Waals surface area (Å²) < 4.78 is 5.62. The molecule has 0 saturated heterocycles. The van der Waals surface area contributed by atoms with E-state index >= 15 is 0 Å². The van der Waals surface area contributed by atoms with Gasteiger partial charge in [-0.05, 0) is 18.2 Å². The molecule has 0 unspecified atom stereocenters. The Morgan fingerprint density at radius 2 is 2.10 bits per heavy atom. The van der Waals surface area contributed by atoms with Crippen LogP contribution in [0.5, 0.6) is 0 Å². The number of carboxylic acids is 1. The Morgan fingerprint density at radius 1 is 1.29 bits per heavy atom. The molecule has 0 bridgehead atoms. The SMILES string of the molecule is O=C(O)c1c(CNCCSCCCO)oc2ccccc12. The van der Waals surface area contributed by atoms with Crippen molar-refractivity contribution in [3.05, 3.63) is 35.6 Å². The van der Waals surface area contributed by atoms with E-state index in [0.29, 0.717) is 23.3 Å². The minimum atomic E-state index is -0.964. The predicted octanol–water partition coefficient (Wildman–Crippen LogP) is 2.34. The number of carbonyl (C=O) groups is 1. The van der Waals surface area contributed by atoms with Crippen LogP contribution in [0.4, 0.5) is 0 Å². The highest BCUT2D eigenvalue weighted by molar-refractivity contribution is 7.99. The van der Waals surface area contributed by atoms with E-state index in [0.717, 1.165) is 24.5 Å². The summed E-state index contributed by atoms with van der Waals surface area (Å²) >= 11 is 1.76. The summed E-state index contributed by atoms with van der Waals surface area (Å²) in [6, 6.07) is 7.16. The minimum absolute atomic E-state index is 0.224. The van der Waals surface area contributed by atoms with Gasteiger partial charge in [-0.1, -0.05) is 18.2 Å². The van der Waals surface area contributed by atoms with Crippen LogP contribution < -0.4 is 5.32 Å². The van der Waals surface area contributed by atoms with Crippen LogP contribution in [-0.4, -0.2) is 40.8 Å². The number of aromatic carboxylic acids is 1. The third kappa shape index (κ3) is 4.23. The summed E-state index contributed by atoms with van der Waals surface area (Å²) in [7, 11) is 0. The van der Waals surface area contributed by atoms with Crippen LogP contribution in [0.25, 0.3) is 11.0 Å². The molecule has 2 rings (SSSR count). The topological polar surface area (TPSA) is 82.7 Å². The Hall–Kier alpha value is -1.50. The lowest BCUT2D eigenvalue weighted by molar-refractivity contribution is 0.0696. The smallest absolute Gasteiger partial charge is 0.339 e. The Bertz CT molecular complexity index is 596. The molecule has 5 nitrogen and oxygen atoms in total. The zero-order chi connectivity index (χ0) is 15.1. The average Bonchev–Trinajstić information content (AvgIpc) is 2.84. The Kier molecular flexibility index (Phi) is 6.10. The molecule has 21 heavy (non-hydrogen) atoms. The van der Waals surface area contributed by atoms with Crippen LogP contribution >= 0.6 is 11.8 Å². The van der Waals surface area contributed by atoms with Crippen molar-refractivity contribution >= 4 is 28.7 Å². The number of aliphatic hydroxyl groups excluding tert-OH is 1. The van der Waals surface area contributed by atoms with Gasteiger partial charge in [0.25, 0.3) is 0 Å². The molecule has 2 aromatic rings. The summed E-state index contributed by atoms with van der Waals surface area (Å²) in [4.78, 5) is 11.4. The zero-order valence-electron chi connectivity index (χ0n) is 11.7. The van der Waals surface area contributed by atoms with Crippen LogP contribution in [0, 0.1) is 0 Å². The van der Waals surface area contributed by atoms with E-state index in [1.165, 1.54) is 0 Å². The second-order valence-electron chi connectivity index (χ2n) is 4.57. The Morgan fingerprint density at radius 3 is 2.86 bits per heavy atom. The van der Waals surface area contributed by atoms with Gasteiger partial charge in [0.15, 0.2) is 0 Å². The van der Waals surface area contributed by atoms with Gasteiger partial charge in [-0.2, -0.15) is 11.8 Å². The lowest BCUT2D eigenvalue weighted by atomic mass is 10.1. The molecule has 1 aromatic carbocycles. The van der Waals surface area contributed by atoms with E-state index in [-0.39, 0.29) is 12.2 Å². The molecule has 0 atom stereocenters. The van der Waals surface area contributed by atoms with Crippen LogP contribution in [0.15, 0.2) is 28.7 Å². The van der Waals surface area contributed by atoms with Crippen molar-refractivity contribution < 1.29 is 19.4 Å². The molecule has 0 aliphatic rings. The molecular formula is C15H19NO4S. The van der Waals surface area contributed by atoms with E-state index < -0.39 is 5.97 Å². The quantitative estimate of drug-likeness (QED) is 0.617. The van der Waals surface area contributed by atoms with Crippen LogP contribution in [0.2, 0.25) is 0 Å². The highest BCUT2D eigenvalue weighted by Gasteiger charge is 2.19.